The third-order valence-electron chi connectivity index (χ3n) is 3.79. The van der Waals surface area contributed by atoms with Gasteiger partial charge in [0.1, 0.15) is 11.9 Å². The number of aromatic nitrogens is 2. The van der Waals surface area contributed by atoms with Gasteiger partial charge in [-0.25, -0.2) is 13.8 Å². The second kappa shape index (κ2) is 5.45. The summed E-state index contributed by atoms with van der Waals surface area (Å²) in [6.07, 6.45) is 1.71. The summed E-state index contributed by atoms with van der Waals surface area (Å²) in [7, 11) is 1.55. The molecule has 0 spiro atoms. The zero-order valence-electron chi connectivity index (χ0n) is 11.8. The number of fused-ring (bicyclic) bond motifs is 1. The largest absolute Gasteiger partial charge is 0.380 e. The minimum Gasteiger partial charge on any atom is -0.380 e. The van der Waals surface area contributed by atoms with Crippen molar-refractivity contribution in [3.05, 3.63) is 30.0 Å². The number of nitrogens with two attached hydrogens (primary N) is 1. The molecule has 1 fully saturated rings. The van der Waals surface area contributed by atoms with E-state index >= 15 is 0 Å². The highest BCUT2D eigenvalue weighted by atomic mass is 19.2. The highest BCUT2D eigenvalue weighted by molar-refractivity contribution is 5.84. The number of carbonyl (C=O) groups is 1. The van der Waals surface area contributed by atoms with Crippen molar-refractivity contribution < 1.29 is 18.3 Å². The number of benzene rings is 1. The Balaban J connectivity index is 2.01. The third kappa shape index (κ3) is 2.45. The van der Waals surface area contributed by atoms with Crippen LogP contribution in [0.15, 0.2) is 18.3 Å². The maximum atomic E-state index is 13.3. The molecule has 8 heteroatoms. The van der Waals surface area contributed by atoms with E-state index in [0.29, 0.717) is 18.8 Å². The molecule has 1 aliphatic heterocycles. The number of primary amides is 1. The number of hydrogen-bond acceptors (Lipinski definition) is 5. The van der Waals surface area contributed by atoms with E-state index in [-0.39, 0.29) is 17.1 Å². The van der Waals surface area contributed by atoms with E-state index in [1.54, 1.807) is 12.0 Å². The van der Waals surface area contributed by atoms with Crippen LogP contribution in [-0.2, 0) is 9.53 Å². The summed E-state index contributed by atoms with van der Waals surface area (Å²) in [5, 5.41) is 0. The Morgan fingerprint density at radius 2 is 2.05 bits per heavy atom. The van der Waals surface area contributed by atoms with Crippen LogP contribution in [-0.4, -0.2) is 41.7 Å². The second-order valence-corrected chi connectivity index (χ2v) is 5.15. The Hall–Kier alpha value is -2.35. The highest BCUT2D eigenvalue weighted by Crippen LogP contribution is 2.26. The van der Waals surface area contributed by atoms with Crippen molar-refractivity contribution in [3.63, 3.8) is 0 Å². The molecule has 2 N–H and O–H groups in total. The minimum absolute atomic E-state index is 0.153. The Kier molecular flexibility index (Phi) is 3.61. The van der Waals surface area contributed by atoms with E-state index in [0.717, 1.165) is 12.1 Å². The summed E-state index contributed by atoms with van der Waals surface area (Å²) in [6.45, 7) is 0.425. The number of carbonyl (C=O) groups excluding carboxylic acids is 1. The quantitative estimate of drug-likeness (QED) is 0.914. The van der Waals surface area contributed by atoms with E-state index in [1.807, 2.05) is 0 Å². The van der Waals surface area contributed by atoms with Crippen LogP contribution in [0, 0.1) is 11.6 Å². The second-order valence-electron chi connectivity index (χ2n) is 5.15. The van der Waals surface area contributed by atoms with E-state index in [2.05, 4.69) is 9.97 Å². The van der Waals surface area contributed by atoms with Crippen LogP contribution in [0.5, 0.6) is 0 Å². The van der Waals surface area contributed by atoms with E-state index in [1.165, 1.54) is 6.20 Å². The van der Waals surface area contributed by atoms with Crippen LogP contribution >= 0.6 is 0 Å². The van der Waals surface area contributed by atoms with Crippen LogP contribution in [0.4, 0.5) is 14.6 Å². The lowest BCUT2D eigenvalue weighted by Crippen LogP contribution is -2.40. The Bertz CT molecular complexity index is 740. The molecular weight excluding hydrogens is 294 g/mol. The number of amides is 1. The number of ether oxygens (including phenoxy) is 1. The molecule has 1 aliphatic rings. The van der Waals surface area contributed by atoms with Gasteiger partial charge in [-0.1, -0.05) is 0 Å². The molecule has 1 saturated heterocycles. The minimum atomic E-state index is -0.999. The molecule has 2 heterocycles. The fourth-order valence-electron chi connectivity index (χ4n) is 2.63. The first-order valence-electron chi connectivity index (χ1n) is 6.70. The van der Waals surface area contributed by atoms with Crippen molar-refractivity contribution in [2.75, 3.05) is 18.6 Å². The smallest absolute Gasteiger partial charge is 0.240 e. The van der Waals surface area contributed by atoms with Crippen molar-refractivity contribution in [3.8, 4) is 0 Å². The molecule has 0 saturated carbocycles. The molecule has 0 aliphatic carbocycles. The first-order valence-corrected chi connectivity index (χ1v) is 6.70. The summed E-state index contributed by atoms with van der Waals surface area (Å²) in [5.74, 6) is -2.10. The van der Waals surface area contributed by atoms with Gasteiger partial charge in [0.05, 0.1) is 23.3 Å². The molecule has 22 heavy (non-hydrogen) atoms. The van der Waals surface area contributed by atoms with Crippen molar-refractivity contribution >= 4 is 22.8 Å². The van der Waals surface area contributed by atoms with Gasteiger partial charge in [-0.2, -0.15) is 0 Å². The van der Waals surface area contributed by atoms with Gasteiger partial charge >= 0.3 is 0 Å². The molecule has 1 aromatic heterocycles. The first kappa shape index (κ1) is 14.6. The molecule has 2 atom stereocenters. The average Bonchev–Trinajstić information content (AvgIpc) is 2.92. The fourth-order valence-corrected chi connectivity index (χ4v) is 2.63. The summed E-state index contributed by atoms with van der Waals surface area (Å²) in [5.41, 5.74) is 5.85. The van der Waals surface area contributed by atoms with Gasteiger partial charge in [0.25, 0.3) is 0 Å². The van der Waals surface area contributed by atoms with Crippen LogP contribution < -0.4 is 10.6 Å². The predicted octanol–water partition coefficient (Wildman–Crippen LogP) is 0.987. The normalized spacial score (nSPS) is 21.5. The monoisotopic (exact) mass is 308 g/mol. The van der Waals surface area contributed by atoms with Gasteiger partial charge in [0, 0.05) is 32.2 Å². The molecular formula is C14H14F2N4O2. The lowest BCUT2D eigenvalue weighted by molar-refractivity contribution is -0.119. The Morgan fingerprint density at radius 1 is 1.36 bits per heavy atom. The van der Waals surface area contributed by atoms with Crippen LogP contribution in [0.3, 0.4) is 0 Å². The van der Waals surface area contributed by atoms with Gasteiger partial charge < -0.3 is 15.4 Å². The molecule has 0 unspecified atom stereocenters. The number of halogens is 2. The molecule has 3 rings (SSSR count). The molecule has 1 aromatic carbocycles. The topological polar surface area (TPSA) is 81.3 Å². The van der Waals surface area contributed by atoms with E-state index in [9.17, 15) is 13.6 Å². The first-order chi connectivity index (χ1) is 10.5. The fraction of sp³-hybridized carbons (Fsp3) is 0.357. The number of rotatable bonds is 3. The summed E-state index contributed by atoms with van der Waals surface area (Å²) in [4.78, 5) is 21.6. The number of methoxy groups -OCH3 is 1. The molecule has 6 nitrogen and oxygen atoms in total. The van der Waals surface area contributed by atoms with Crippen molar-refractivity contribution in [2.24, 2.45) is 5.73 Å². The maximum absolute atomic E-state index is 13.3. The van der Waals surface area contributed by atoms with E-state index < -0.39 is 23.6 Å². The molecule has 1 amide bonds. The van der Waals surface area contributed by atoms with Gasteiger partial charge in [-0.05, 0) is 0 Å². The molecule has 2 aromatic rings. The van der Waals surface area contributed by atoms with Crippen LogP contribution in [0.1, 0.15) is 6.42 Å². The standard InChI is InChI=1S/C14H14F2N4O2/c1-22-7-2-12(14(17)21)20(6-7)13-5-18-10-3-8(15)9(16)4-11(10)19-13/h3-5,7,12H,2,6H2,1H3,(H2,17,21)/t7-,12-/m0/s1. The summed E-state index contributed by atoms with van der Waals surface area (Å²) in [6, 6.07) is 1.39. The van der Waals surface area contributed by atoms with Crippen molar-refractivity contribution in [1.82, 2.24) is 9.97 Å². The zero-order chi connectivity index (χ0) is 15.9. The molecule has 116 valence electrons. The van der Waals surface area contributed by atoms with E-state index in [4.69, 9.17) is 10.5 Å². The maximum Gasteiger partial charge on any atom is 0.240 e. The molecule has 0 bridgehead atoms. The highest BCUT2D eigenvalue weighted by Gasteiger charge is 2.36. The van der Waals surface area contributed by atoms with Gasteiger partial charge in [0.2, 0.25) is 5.91 Å². The lowest BCUT2D eigenvalue weighted by Gasteiger charge is -2.22. The molecule has 0 radical (unpaired) electrons. The third-order valence-corrected chi connectivity index (χ3v) is 3.79. The average molecular weight is 308 g/mol. The Morgan fingerprint density at radius 3 is 2.68 bits per heavy atom. The SMILES string of the molecule is CO[C@H]1C[C@@H](C(N)=O)N(c2cnc3cc(F)c(F)cc3n2)C1. The van der Waals surface area contributed by atoms with Gasteiger partial charge in [-0.3, -0.25) is 9.78 Å². The zero-order valence-corrected chi connectivity index (χ0v) is 11.8. The summed E-state index contributed by atoms with van der Waals surface area (Å²) < 4.78 is 31.8. The predicted molar refractivity (Wildman–Crippen MR) is 75.2 cm³/mol. The Labute approximate surface area is 124 Å². The number of hydrogen-bond donors (Lipinski definition) is 1. The number of nitrogens with zero attached hydrogens (tertiary/aromatic N) is 3. The van der Waals surface area contributed by atoms with Gasteiger partial charge in [-0.15, -0.1) is 0 Å². The number of anilines is 1. The van der Waals surface area contributed by atoms with Gasteiger partial charge in [0.15, 0.2) is 11.6 Å². The summed E-state index contributed by atoms with van der Waals surface area (Å²) >= 11 is 0. The van der Waals surface area contributed by atoms with Crippen LogP contribution in [0.2, 0.25) is 0 Å². The van der Waals surface area contributed by atoms with Crippen molar-refractivity contribution in [1.29, 1.82) is 0 Å². The van der Waals surface area contributed by atoms with Crippen LogP contribution in [0.25, 0.3) is 11.0 Å². The van der Waals surface area contributed by atoms with Crippen molar-refractivity contribution in [2.45, 2.75) is 18.6 Å². The lowest BCUT2D eigenvalue weighted by atomic mass is 10.2.